The number of aliphatic hydroxyl groups is 3. The number of hydrogen-bond donors (Lipinski definition) is 4. The van der Waals surface area contributed by atoms with E-state index in [1.165, 1.54) is 14.0 Å². The molecular weight excluding hydrogens is 248 g/mol. The lowest BCUT2D eigenvalue weighted by Crippen LogP contribution is -2.60. The number of aliphatic hydroxyl groups excluding tert-OH is 3. The van der Waals surface area contributed by atoms with Crippen LogP contribution in [0.4, 0.5) is 0 Å². The van der Waals surface area contributed by atoms with Crippen LogP contribution >= 0.6 is 0 Å². The monoisotopic (exact) mass is 266 g/mol. The summed E-state index contributed by atoms with van der Waals surface area (Å²) in [5, 5.41) is 37.4. The second-order valence-corrected chi connectivity index (χ2v) is 4.02. The molecule has 0 spiro atoms. The molecule has 0 aromatic heterocycles. The average molecular weight is 266 g/mol. The molecule has 0 aromatic rings. The minimum absolute atomic E-state index is 0.505. The standard InChI is InChI=1S/C10H18O8/c1-4(9(14)15)17-8-6(12)5(3-11)18-10(16-2)7(8)13/h4-8,10-13H,3H2,1-2H3,(H,14,15)/t4-,5+,6-,7+,8-,10-/m0/s1. The topological polar surface area (TPSA) is 126 Å². The van der Waals surface area contributed by atoms with Gasteiger partial charge in [-0.1, -0.05) is 0 Å². The molecule has 1 aliphatic rings. The molecule has 0 unspecified atom stereocenters. The molecule has 0 amide bonds. The van der Waals surface area contributed by atoms with Gasteiger partial charge in [-0.3, -0.25) is 0 Å². The van der Waals surface area contributed by atoms with E-state index in [2.05, 4.69) is 0 Å². The van der Waals surface area contributed by atoms with Crippen LogP contribution in [0.25, 0.3) is 0 Å². The molecule has 1 aliphatic heterocycles. The normalized spacial score (nSPS) is 38.4. The van der Waals surface area contributed by atoms with Gasteiger partial charge >= 0.3 is 5.97 Å². The molecule has 1 heterocycles. The molecule has 6 atom stereocenters. The van der Waals surface area contributed by atoms with Crippen molar-refractivity contribution in [2.75, 3.05) is 13.7 Å². The number of hydrogen-bond acceptors (Lipinski definition) is 7. The highest BCUT2D eigenvalue weighted by molar-refractivity contribution is 5.71. The number of methoxy groups -OCH3 is 1. The van der Waals surface area contributed by atoms with Gasteiger partial charge in [-0.15, -0.1) is 0 Å². The van der Waals surface area contributed by atoms with Crippen molar-refractivity contribution in [3.05, 3.63) is 0 Å². The summed E-state index contributed by atoms with van der Waals surface area (Å²) in [4.78, 5) is 10.7. The van der Waals surface area contributed by atoms with Crippen LogP contribution in [0.1, 0.15) is 6.92 Å². The highest BCUT2D eigenvalue weighted by atomic mass is 16.7. The number of ether oxygens (including phenoxy) is 3. The summed E-state index contributed by atoms with van der Waals surface area (Å²) < 4.78 is 15.0. The minimum Gasteiger partial charge on any atom is -0.479 e. The Morgan fingerprint density at radius 3 is 2.44 bits per heavy atom. The number of aliphatic carboxylic acids is 1. The molecule has 0 aromatic carbocycles. The van der Waals surface area contributed by atoms with Gasteiger partial charge in [-0.05, 0) is 6.92 Å². The lowest BCUT2D eigenvalue weighted by Gasteiger charge is -2.41. The fourth-order valence-electron chi connectivity index (χ4n) is 1.70. The second kappa shape index (κ2) is 6.41. The van der Waals surface area contributed by atoms with E-state index in [-0.39, 0.29) is 0 Å². The quantitative estimate of drug-likeness (QED) is 0.447. The Kier molecular flexibility index (Phi) is 5.45. The van der Waals surface area contributed by atoms with Gasteiger partial charge in [0.25, 0.3) is 0 Å². The largest absolute Gasteiger partial charge is 0.479 e. The Hall–Kier alpha value is -0.770. The van der Waals surface area contributed by atoms with Gasteiger partial charge in [0.1, 0.15) is 24.4 Å². The highest BCUT2D eigenvalue weighted by Gasteiger charge is 2.46. The first-order valence-electron chi connectivity index (χ1n) is 5.45. The summed E-state index contributed by atoms with van der Waals surface area (Å²) in [5.41, 5.74) is 0. The second-order valence-electron chi connectivity index (χ2n) is 4.02. The average Bonchev–Trinajstić information content (AvgIpc) is 2.34. The van der Waals surface area contributed by atoms with Gasteiger partial charge in [0.15, 0.2) is 12.4 Å². The van der Waals surface area contributed by atoms with Crippen molar-refractivity contribution in [2.45, 2.75) is 43.7 Å². The number of carbonyl (C=O) groups is 1. The third-order valence-corrected chi connectivity index (χ3v) is 2.76. The molecule has 4 N–H and O–H groups in total. The van der Waals surface area contributed by atoms with Crippen molar-refractivity contribution >= 4 is 5.97 Å². The zero-order valence-corrected chi connectivity index (χ0v) is 10.1. The predicted molar refractivity (Wildman–Crippen MR) is 56.7 cm³/mol. The molecule has 1 rings (SSSR count). The van der Waals surface area contributed by atoms with Gasteiger partial charge in [0, 0.05) is 7.11 Å². The van der Waals surface area contributed by atoms with Crippen LogP contribution in [-0.4, -0.2) is 76.9 Å². The fraction of sp³-hybridized carbons (Fsp3) is 0.900. The Balaban J connectivity index is 2.79. The van der Waals surface area contributed by atoms with Crippen molar-refractivity contribution in [3.63, 3.8) is 0 Å². The van der Waals surface area contributed by atoms with Crippen molar-refractivity contribution < 1.29 is 39.4 Å². The molecule has 0 radical (unpaired) electrons. The van der Waals surface area contributed by atoms with E-state index in [1.807, 2.05) is 0 Å². The predicted octanol–water partition coefficient (Wildman–Crippen LogP) is -2.07. The smallest absolute Gasteiger partial charge is 0.332 e. The molecule has 0 saturated carbocycles. The van der Waals surface area contributed by atoms with Gasteiger partial charge < -0.3 is 34.6 Å². The zero-order chi connectivity index (χ0) is 13.9. The number of carboxylic acid groups (broad SMARTS) is 1. The molecule has 8 heteroatoms. The summed E-state index contributed by atoms with van der Waals surface area (Å²) in [6, 6.07) is 0. The summed E-state index contributed by atoms with van der Waals surface area (Å²) in [6.07, 6.45) is -7.24. The Morgan fingerprint density at radius 2 is 2.00 bits per heavy atom. The minimum atomic E-state index is -1.35. The molecule has 0 bridgehead atoms. The van der Waals surface area contributed by atoms with Gasteiger partial charge in [-0.25, -0.2) is 4.79 Å². The number of rotatable bonds is 5. The summed E-state index contributed by atoms with van der Waals surface area (Å²) in [5.74, 6) is -1.23. The van der Waals surface area contributed by atoms with E-state index in [9.17, 15) is 15.0 Å². The first-order valence-corrected chi connectivity index (χ1v) is 5.45. The molecule has 106 valence electrons. The van der Waals surface area contributed by atoms with Crippen LogP contribution < -0.4 is 0 Å². The van der Waals surface area contributed by atoms with E-state index in [0.717, 1.165) is 0 Å². The third-order valence-electron chi connectivity index (χ3n) is 2.76. The van der Waals surface area contributed by atoms with Gasteiger partial charge in [0.05, 0.1) is 6.61 Å². The molecule has 18 heavy (non-hydrogen) atoms. The fourth-order valence-corrected chi connectivity index (χ4v) is 1.70. The van der Waals surface area contributed by atoms with Crippen LogP contribution in [0.15, 0.2) is 0 Å². The van der Waals surface area contributed by atoms with Crippen molar-refractivity contribution in [1.29, 1.82) is 0 Å². The van der Waals surface area contributed by atoms with Crippen LogP contribution in [0.2, 0.25) is 0 Å². The van der Waals surface area contributed by atoms with Crippen molar-refractivity contribution in [1.82, 2.24) is 0 Å². The molecule has 1 fully saturated rings. The highest BCUT2D eigenvalue weighted by Crippen LogP contribution is 2.24. The van der Waals surface area contributed by atoms with Crippen LogP contribution in [-0.2, 0) is 19.0 Å². The Bertz CT molecular complexity index is 267. The maximum absolute atomic E-state index is 10.7. The summed E-state index contributed by atoms with van der Waals surface area (Å²) in [7, 11) is 1.28. The van der Waals surface area contributed by atoms with Crippen LogP contribution in [0.5, 0.6) is 0 Å². The molecular formula is C10H18O8. The van der Waals surface area contributed by atoms with E-state index >= 15 is 0 Å². The molecule has 8 nitrogen and oxygen atoms in total. The summed E-state index contributed by atoms with van der Waals surface area (Å²) >= 11 is 0. The van der Waals surface area contributed by atoms with Crippen molar-refractivity contribution in [3.8, 4) is 0 Å². The van der Waals surface area contributed by atoms with E-state index in [0.29, 0.717) is 0 Å². The van der Waals surface area contributed by atoms with Crippen molar-refractivity contribution in [2.24, 2.45) is 0 Å². The van der Waals surface area contributed by atoms with E-state index in [4.69, 9.17) is 24.4 Å². The summed E-state index contributed by atoms with van der Waals surface area (Å²) in [6.45, 7) is 0.766. The van der Waals surface area contributed by atoms with Crippen LogP contribution in [0.3, 0.4) is 0 Å². The van der Waals surface area contributed by atoms with Gasteiger partial charge in [-0.2, -0.15) is 0 Å². The maximum Gasteiger partial charge on any atom is 0.332 e. The zero-order valence-electron chi connectivity index (χ0n) is 10.1. The maximum atomic E-state index is 10.7. The van der Waals surface area contributed by atoms with E-state index < -0.39 is 49.4 Å². The first-order chi connectivity index (χ1) is 8.42. The van der Waals surface area contributed by atoms with Gasteiger partial charge in [0.2, 0.25) is 0 Å². The molecule has 0 aliphatic carbocycles. The lowest BCUT2D eigenvalue weighted by molar-refractivity contribution is -0.305. The third kappa shape index (κ3) is 3.16. The SMILES string of the molecule is CO[C@H]1O[C@H](CO)[C@H](O)[C@H](O[C@@H](C)C(=O)O)[C@H]1O. The van der Waals surface area contributed by atoms with Crippen LogP contribution in [0, 0.1) is 0 Å². The lowest BCUT2D eigenvalue weighted by atomic mass is 9.99. The van der Waals surface area contributed by atoms with E-state index in [1.54, 1.807) is 0 Å². The Labute approximate surface area is 104 Å². The first kappa shape index (κ1) is 15.3. The Morgan fingerprint density at radius 1 is 1.39 bits per heavy atom. The molecule has 1 saturated heterocycles. The number of carboxylic acids is 1.